The van der Waals surface area contributed by atoms with Gasteiger partial charge in [0.25, 0.3) is 5.91 Å². The van der Waals surface area contributed by atoms with E-state index in [1.165, 1.54) is 6.07 Å². The molecule has 25 heavy (non-hydrogen) atoms. The number of amides is 1. The van der Waals surface area contributed by atoms with E-state index in [-0.39, 0.29) is 22.2 Å². The highest BCUT2D eigenvalue weighted by atomic mass is 19.1. The third kappa shape index (κ3) is 4.44. The van der Waals surface area contributed by atoms with Crippen molar-refractivity contribution in [2.75, 3.05) is 5.32 Å². The van der Waals surface area contributed by atoms with Gasteiger partial charge in [-0.3, -0.25) is 4.79 Å². The zero-order chi connectivity index (χ0) is 19.0. The lowest BCUT2D eigenvalue weighted by molar-refractivity contribution is 0.102. The number of hydrogen-bond acceptors (Lipinski definition) is 2. The van der Waals surface area contributed by atoms with E-state index in [0.29, 0.717) is 0 Å². The number of aryl methyl sites for hydroxylation is 1. The second-order valence-corrected chi connectivity index (χ2v) is 8.51. The monoisotopic (exact) mass is 342 g/mol. The van der Waals surface area contributed by atoms with Crippen molar-refractivity contribution in [3.63, 3.8) is 0 Å². The Morgan fingerprint density at radius 2 is 1.68 bits per heavy atom. The summed E-state index contributed by atoms with van der Waals surface area (Å²) >= 11 is 0. The molecule has 0 saturated carbocycles. The van der Waals surface area contributed by atoms with E-state index in [1.807, 2.05) is 33.8 Å². The third-order valence-electron chi connectivity index (χ3n) is 4.12. The summed E-state index contributed by atoms with van der Waals surface area (Å²) in [6, 6.07) is 8.52. The molecule has 1 N–H and O–H groups in total. The predicted octanol–water partition coefficient (Wildman–Crippen LogP) is 5.38. The van der Waals surface area contributed by atoms with Gasteiger partial charge in [-0.15, -0.1) is 0 Å². The van der Waals surface area contributed by atoms with Crippen LogP contribution in [-0.4, -0.2) is 10.9 Å². The molecule has 1 heterocycles. The van der Waals surface area contributed by atoms with Crippen molar-refractivity contribution in [3.8, 4) is 0 Å². The number of carbonyl (C=O) groups excluding carboxylic acids is 1. The van der Waals surface area contributed by atoms with Crippen LogP contribution in [0.1, 0.15) is 68.9 Å². The summed E-state index contributed by atoms with van der Waals surface area (Å²) in [5, 5.41) is 2.67. The molecule has 3 nitrogen and oxygen atoms in total. The van der Waals surface area contributed by atoms with E-state index in [1.54, 1.807) is 18.2 Å². The fourth-order valence-corrected chi connectivity index (χ4v) is 2.74. The molecule has 2 aromatic rings. The van der Waals surface area contributed by atoms with E-state index < -0.39 is 11.7 Å². The van der Waals surface area contributed by atoms with Gasteiger partial charge in [0.05, 0.1) is 5.69 Å². The predicted molar refractivity (Wildman–Crippen MR) is 101 cm³/mol. The highest BCUT2D eigenvalue weighted by molar-refractivity contribution is 6.03. The average Bonchev–Trinajstić information content (AvgIpc) is 2.48. The average molecular weight is 342 g/mol. The summed E-state index contributed by atoms with van der Waals surface area (Å²) in [5.74, 6) is -0.848. The van der Waals surface area contributed by atoms with Crippen molar-refractivity contribution in [1.29, 1.82) is 0 Å². The van der Waals surface area contributed by atoms with Gasteiger partial charge in [0, 0.05) is 11.1 Å². The van der Waals surface area contributed by atoms with Crippen molar-refractivity contribution in [2.24, 2.45) is 0 Å². The minimum Gasteiger partial charge on any atom is -0.318 e. The molecular weight excluding hydrogens is 315 g/mol. The number of nitrogens with one attached hydrogen (secondary N) is 1. The minimum atomic E-state index is -0.439. The van der Waals surface area contributed by atoms with Gasteiger partial charge < -0.3 is 5.32 Å². The molecular formula is C21H27FN2O. The molecule has 0 spiro atoms. The molecule has 0 saturated heterocycles. The topological polar surface area (TPSA) is 42.0 Å². The molecule has 0 bridgehead atoms. The number of benzene rings is 1. The second kappa shape index (κ2) is 6.58. The Morgan fingerprint density at radius 3 is 2.24 bits per heavy atom. The van der Waals surface area contributed by atoms with Crippen LogP contribution in [-0.2, 0) is 10.8 Å². The Labute approximate surface area is 149 Å². The Kier molecular flexibility index (Phi) is 5.03. The molecule has 2 rings (SSSR count). The van der Waals surface area contributed by atoms with E-state index in [2.05, 4.69) is 31.1 Å². The quantitative estimate of drug-likeness (QED) is 0.796. The highest BCUT2D eigenvalue weighted by Gasteiger charge is 2.21. The van der Waals surface area contributed by atoms with Crippen LogP contribution in [0.3, 0.4) is 0 Å². The van der Waals surface area contributed by atoms with Crippen LogP contribution in [0.5, 0.6) is 0 Å². The summed E-state index contributed by atoms with van der Waals surface area (Å²) in [6.07, 6.45) is 0. The van der Waals surface area contributed by atoms with Crippen LogP contribution >= 0.6 is 0 Å². The lowest BCUT2D eigenvalue weighted by Gasteiger charge is -2.23. The van der Waals surface area contributed by atoms with Crippen LogP contribution in [0.25, 0.3) is 0 Å². The molecule has 0 aliphatic heterocycles. The van der Waals surface area contributed by atoms with Crippen LogP contribution in [0.15, 0.2) is 30.3 Å². The summed E-state index contributed by atoms with van der Waals surface area (Å²) in [6.45, 7) is 14.2. The Balaban J connectivity index is 2.36. The zero-order valence-corrected chi connectivity index (χ0v) is 16.1. The summed E-state index contributed by atoms with van der Waals surface area (Å²) < 4.78 is 14.3. The van der Waals surface area contributed by atoms with Crippen molar-refractivity contribution >= 4 is 11.6 Å². The number of anilines is 1. The van der Waals surface area contributed by atoms with Gasteiger partial charge in [0.2, 0.25) is 0 Å². The first kappa shape index (κ1) is 19.1. The van der Waals surface area contributed by atoms with E-state index in [4.69, 9.17) is 0 Å². The molecule has 0 atom stereocenters. The van der Waals surface area contributed by atoms with Gasteiger partial charge in [0.15, 0.2) is 0 Å². The third-order valence-corrected chi connectivity index (χ3v) is 4.12. The van der Waals surface area contributed by atoms with Gasteiger partial charge in [-0.25, -0.2) is 9.37 Å². The lowest BCUT2D eigenvalue weighted by Crippen LogP contribution is -2.20. The van der Waals surface area contributed by atoms with Crippen LogP contribution in [0.2, 0.25) is 0 Å². The number of carbonyl (C=O) groups is 1. The van der Waals surface area contributed by atoms with E-state index in [0.717, 1.165) is 16.8 Å². The first-order valence-corrected chi connectivity index (χ1v) is 8.49. The molecule has 0 aliphatic rings. The Bertz CT molecular complexity index is 799. The second-order valence-electron chi connectivity index (χ2n) is 8.51. The summed E-state index contributed by atoms with van der Waals surface area (Å²) in [7, 11) is 0. The first-order chi connectivity index (χ1) is 11.4. The van der Waals surface area contributed by atoms with Gasteiger partial charge in [0.1, 0.15) is 11.5 Å². The van der Waals surface area contributed by atoms with Crippen LogP contribution in [0, 0.1) is 12.7 Å². The molecule has 1 aromatic heterocycles. The first-order valence-electron chi connectivity index (χ1n) is 8.49. The van der Waals surface area contributed by atoms with Crippen molar-refractivity contribution in [2.45, 2.75) is 59.3 Å². The maximum Gasteiger partial charge on any atom is 0.274 e. The minimum absolute atomic E-state index is 0.137. The van der Waals surface area contributed by atoms with Gasteiger partial charge >= 0.3 is 0 Å². The largest absolute Gasteiger partial charge is 0.318 e. The van der Waals surface area contributed by atoms with Crippen molar-refractivity contribution in [1.82, 2.24) is 4.98 Å². The SMILES string of the molecule is Cc1cc(F)c(NC(=O)c2cccc(C(C)(C)C)n2)cc1C(C)(C)C. The number of aromatic nitrogens is 1. The maximum absolute atomic E-state index is 14.3. The number of nitrogens with zero attached hydrogens (tertiary/aromatic N) is 1. The van der Waals surface area contributed by atoms with E-state index >= 15 is 0 Å². The zero-order valence-electron chi connectivity index (χ0n) is 16.1. The Hall–Kier alpha value is -2.23. The normalized spacial score (nSPS) is 12.2. The molecule has 0 aliphatic carbocycles. The number of hydrogen-bond donors (Lipinski definition) is 1. The molecule has 0 fully saturated rings. The fraction of sp³-hybridized carbons (Fsp3) is 0.429. The molecule has 1 amide bonds. The van der Waals surface area contributed by atoms with Crippen LogP contribution < -0.4 is 5.32 Å². The molecule has 1 aromatic carbocycles. The molecule has 134 valence electrons. The number of pyridine rings is 1. The molecule has 0 radical (unpaired) electrons. The standard InChI is InChI=1S/C21H27FN2O/c1-13-11-15(22)17(12-14(13)20(2,3)4)24-19(25)16-9-8-10-18(23-16)21(5,6)7/h8-12H,1-7H3,(H,24,25). The highest BCUT2D eigenvalue weighted by Crippen LogP contribution is 2.30. The fourth-order valence-electron chi connectivity index (χ4n) is 2.74. The van der Waals surface area contributed by atoms with E-state index in [9.17, 15) is 9.18 Å². The van der Waals surface area contributed by atoms with Gasteiger partial charge in [-0.05, 0) is 47.7 Å². The summed E-state index contributed by atoms with van der Waals surface area (Å²) in [5.41, 5.74) is 2.86. The number of halogens is 1. The van der Waals surface area contributed by atoms with Crippen molar-refractivity contribution in [3.05, 3.63) is 58.7 Å². The maximum atomic E-state index is 14.3. The summed E-state index contributed by atoms with van der Waals surface area (Å²) in [4.78, 5) is 17.0. The number of rotatable bonds is 2. The van der Waals surface area contributed by atoms with Gasteiger partial charge in [-0.1, -0.05) is 47.6 Å². The van der Waals surface area contributed by atoms with Crippen LogP contribution in [0.4, 0.5) is 10.1 Å². The Morgan fingerprint density at radius 1 is 1.04 bits per heavy atom. The lowest BCUT2D eigenvalue weighted by atomic mass is 9.84. The van der Waals surface area contributed by atoms with Crippen molar-refractivity contribution < 1.29 is 9.18 Å². The molecule has 4 heteroatoms. The smallest absolute Gasteiger partial charge is 0.274 e. The molecule has 0 unspecified atom stereocenters. The van der Waals surface area contributed by atoms with Gasteiger partial charge in [-0.2, -0.15) is 0 Å².